The van der Waals surface area contributed by atoms with E-state index in [0.717, 1.165) is 56.5 Å². The molecule has 1 amide bonds. The number of benzene rings is 2. The predicted molar refractivity (Wildman–Crippen MR) is 160 cm³/mol. The maximum Gasteiger partial charge on any atom is 0.255 e. The highest BCUT2D eigenvalue weighted by atomic mass is 16.3. The van der Waals surface area contributed by atoms with Crippen LogP contribution in [0.5, 0.6) is 5.75 Å². The van der Waals surface area contributed by atoms with E-state index >= 15 is 0 Å². The van der Waals surface area contributed by atoms with Gasteiger partial charge in [-0.15, -0.1) is 0 Å². The van der Waals surface area contributed by atoms with Crippen LogP contribution in [0.1, 0.15) is 73.9 Å². The van der Waals surface area contributed by atoms with Gasteiger partial charge in [-0.05, 0) is 111 Å². The van der Waals surface area contributed by atoms with Gasteiger partial charge in [0.15, 0.2) is 0 Å². The summed E-state index contributed by atoms with van der Waals surface area (Å²) in [7, 11) is 0. The Labute approximate surface area is 241 Å². The molecule has 0 radical (unpaired) electrons. The highest BCUT2D eigenvalue weighted by Gasteiger charge is 2.74. The van der Waals surface area contributed by atoms with E-state index in [9.17, 15) is 14.7 Å². The third-order valence-electron chi connectivity index (χ3n) is 12.3. The number of para-hydroxylation sites is 1. The largest absolute Gasteiger partial charge is 0.508 e. The molecule has 8 rings (SSSR count). The Bertz CT molecular complexity index is 1610. The first-order chi connectivity index (χ1) is 19.9. The Morgan fingerprint density at radius 1 is 1.10 bits per heavy atom. The van der Waals surface area contributed by atoms with E-state index in [2.05, 4.69) is 40.8 Å². The maximum absolute atomic E-state index is 14.4. The first-order valence-electron chi connectivity index (χ1n) is 15.9. The molecule has 3 aliphatic carbocycles. The number of carbonyl (C=O) groups is 1. The minimum atomic E-state index is -0.227. The average Bonchev–Trinajstić information content (AvgIpc) is 3.68. The van der Waals surface area contributed by atoms with Crippen molar-refractivity contribution in [2.75, 3.05) is 19.6 Å². The summed E-state index contributed by atoms with van der Waals surface area (Å²) in [6.45, 7) is 7.79. The molecule has 0 spiro atoms. The Morgan fingerprint density at radius 2 is 1.93 bits per heavy atom. The topological polar surface area (TPSA) is 76.6 Å². The van der Waals surface area contributed by atoms with Crippen molar-refractivity contribution in [3.63, 3.8) is 0 Å². The van der Waals surface area contributed by atoms with Crippen molar-refractivity contribution in [2.45, 2.75) is 76.3 Å². The molecule has 2 saturated heterocycles. The van der Waals surface area contributed by atoms with E-state index in [1.54, 1.807) is 0 Å². The molecule has 6 atom stereocenters. The number of likely N-dealkylation sites (tertiary alicyclic amines) is 2. The van der Waals surface area contributed by atoms with Crippen LogP contribution in [0.4, 0.5) is 0 Å². The molecule has 3 heterocycles. The number of phenols is 1. The summed E-state index contributed by atoms with van der Waals surface area (Å²) in [6.07, 6.45) is 8.02. The number of aromatic amines is 1. The molecule has 5 aliphatic rings. The Hall–Kier alpha value is -3.12. The molecule has 6 nitrogen and oxygen atoms in total. The van der Waals surface area contributed by atoms with Gasteiger partial charge in [-0.2, -0.15) is 0 Å². The van der Waals surface area contributed by atoms with Crippen molar-refractivity contribution in [3.8, 4) is 5.75 Å². The molecule has 3 saturated carbocycles. The SMILES string of the molecule is CCc1ccc(O)cc1C12CCN(CC3CC3)C(C)C13CCC1C2[C@@H](CN1C(=O)c1cc(=O)[nH]c2ccccc12)C3. The van der Waals surface area contributed by atoms with Gasteiger partial charge in [0.2, 0.25) is 5.56 Å². The second-order valence-corrected chi connectivity index (χ2v) is 13.8. The molecule has 5 unspecified atom stereocenters. The highest BCUT2D eigenvalue weighted by Crippen LogP contribution is 2.74. The number of pyridine rings is 1. The average molecular weight is 552 g/mol. The van der Waals surface area contributed by atoms with Crippen molar-refractivity contribution in [3.05, 3.63) is 75.6 Å². The first-order valence-corrected chi connectivity index (χ1v) is 15.9. The van der Waals surface area contributed by atoms with Crippen LogP contribution in [0.15, 0.2) is 53.3 Å². The fraction of sp³-hybridized carbons (Fsp3) is 0.543. The monoisotopic (exact) mass is 551 g/mol. The molecule has 6 heteroatoms. The summed E-state index contributed by atoms with van der Waals surface area (Å²) in [4.78, 5) is 34.8. The standard InChI is InChI=1S/C35H41N3O3/c1-3-23-10-11-25(39)16-28(23)35-14-15-37(19-22-8-9-22)21(2)34(35)13-12-30-32(35)24(18-34)20-38(30)33(41)27-17-31(40)36-29-7-5-4-6-26(27)29/h4-7,10-11,16-17,21-22,24,30,32,39H,3,8-9,12-15,18-20H2,1-2H3,(H,36,40)/t21?,24-,30?,32?,34?,35?/m1/s1. The first kappa shape index (κ1) is 25.6. The lowest BCUT2D eigenvalue weighted by molar-refractivity contribution is -0.0870. The Kier molecular flexibility index (Phi) is 5.58. The van der Waals surface area contributed by atoms with Gasteiger partial charge in [0.05, 0.1) is 5.56 Å². The van der Waals surface area contributed by atoms with Crippen molar-refractivity contribution in [2.24, 2.45) is 23.2 Å². The second kappa shape index (κ2) is 8.94. The molecule has 41 heavy (non-hydrogen) atoms. The quantitative estimate of drug-likeness (QED) is 0.440. The van der Waals surface area contributed by atoms with Gasteiger partial charge < -0.3 is 15.0 Å². The normalized spacial score (nSPS) is 34.2. The summed E-state index contributed by atoms with van der Waals surface area (Å²) < 4.78 is 0. The number of aryl methyl sites for hydroxylation is 1. The van der Waals surface area contributed by atoms with Crippen LogP contribution in [0, 0.1) is 23.2 Å². The van der Waals surface area contributed by atoms with Gasteiger partial charge in [0.25, 0.3) is 5.91 Å². The van der Waals surface area contributed by atoms with Gasteiger partial charge >= 0.3 is 0 Å². The van der Waals surface area contributed by atoms with Gasteiger partial charge in [-0.25, -0.2) is 0 Å². The summed E-state index contributed by atoms with van der Waals surface area (Å²) >= 11 is 0. The van der Waals surface area contributed by atoms with E-state index in [-0.39, 0.29) is 28.3 Å². The number of phenolic OH excluding ortho intramolecular Hbond substituents is 1. The zero-order valence-corrected chi connectivity index (χ0v) is 24.2. The predicted octanol–water partition coefficient (Wildman–Crippen LogP) is 5.48. The van der Waals surface area contributed by atoms with Crippen molar-refractivity contribution >= 4 is 16.8 Å². The molecule has 2 aromatic carbocycles. The van der Waals surface area contributed by atoms with E-state index in [1.165, 1.54) is 36.6 Å². The van der Waals surface area contributed by atoms with Crippen molar-refractivity contribution in [1.29, 1.82) is 0 Å². The number of fused-ring (bicyclic) bond motifs is 1. The van der Waals surface area contributed by atoms with Gasteiger partial charge in [-0.3, -0.25) is 14.5 Å². The summed E-state index contributed by atoms with van der Waals surface area (Å²) in [6, 6.07) is 15.9. The van der Waals surface area contributed by atoms with Crippen molar-refractivity contribution < 1.29 is 9.90 Å². The Balaban J connectivity index is 1.25. The molecule has 3 aromatic rings. The van der Waals surface area contributed by atoms with Crippen LogP contribution in [-0.4, -0.2) is 57.5 Å². The van der Waals surface area contributed by atoms with E-state index in [4.69, 9.17) is 0 Å². The van der Waals surface area contributed by atoms with Crippen LogP contribution in [0.3, 0.4) is 0 Å². The Morgan fingerprint density at radius 3 is 2.73 bits per heavy atom. The lowest BCUT2D eigenvalue weighted by Gasteiger charge is -2.63. The van der Waals surface area contributed by atoms with Crippen LogP contribution in [0.2, 0.25) is 0 Å². The number of piperidine rings is 1. The van der Waals surface area contributed by atoms with Crippen LogP contribution < -0.4 is 5.56 Å². The molecule has 5 fully saturated rings. The third kappa shape index (κ3) is 3.46. The molecule has 2 aliphatic heterocycles. The molecule has 214 valence electrons. The van der Waals surface area contributed by atoms with Gasteiger partial charge in [-0.1, -0.05) is 31.2 Å². The lowest BCUT2D eigenvalue weighted by atomic mass is 9.46. The minimum absolute atomic E-state index is 0.000178. The zero-order valence-electron chi connectivity index (χ0n) is 24.2. The fourth-order valence-corrected chi connectivity index (χ4v) is 10.5. The number of hydrogen-bond donors (Lipinski definition) is 2. The van der Waals surface area contributed by atoms with Gasteiger partial charge in [0.1, 0.15) is 5.75 Å². The van der Waals surface area contributed by atoms with Crippen LogP contribution in [-0.2, 0) is 11.8 Å². The number of aromatic nitrogens is 1. The number of carbonyl (C=O) groups excluding carboxylic acids is 1. The molecular weight excluding hydrogens is 510 g/mol. The lowest BCUT2D eigenvalue weighted by Crippen LogP contribution is -2.66. The molecule has 2 bridgehead atoms. The van der Waals surface area contributed by atoms with Crippen molar-refractivity contribution in [1.82, 2.24) is 14.8 Å². The second-order valence-electron chi connectivity index (χ2n) is 13.8. The number of nitrogens with one attached hydrogen (secondary N) is 1. The third-order valence-corrected chi connectivity index (χ3v) is 12.3. The fourth-order valence-electron chi connectivity index (χ4n) is 10.5. The number of nitrogens with zero attached hydrogens (tertiary/aromatic N) is 2. The molecule has 1 aromatic heterocycles. The zero-order chi connectivity index (χ0) is 28.1. The van der Waals surface area contributed by atoms with E-state index in [0.29, 0.717) is 34.7 Å². The number of hydrogen-bond acceptors (Lipinski definition) is 4. The highest BCUT2D eigenvalue weighted by molar-refractivity contribution is 6.06. The molecular formula is C35H41N3O3. The van der Waals surface area contributed by atoms with E-state index < -0.39 is 0 Å². The summed E-state index contributed by atoms with van der Waals surface area (Å²) in [5.74, 6) is 2.01. The smallest absolute Gasteiger partial charge is 0.255 e. The maximum atomic E-state index is 14.4. The van der Waals surface area contributed by atoms with Gasteiger partial charge in [0, 0.05) is 47.6 Å². The van der Waals surface area contributed by atoms with E-state index in [1.807, 2.05) is 30.3 Å². The molecule has 2 N–H and O–H groups in total. The minimum Gasteiger partial charge on any atom is -0.508 e. The number of amides is 1. The van der Waals surface area contributed by atoms with Crippen LogP contribution in [0.25, 0.3) is 10.9 Å². The number of aromatic hydroxyl groups is 1. The summed E-state index contributed by atoms with van der Waals surface area (Å²) in [5.41, 5.74) is 3.80. The number of H-pyrrole nitrogens is 1. The van der Waals surface area contributed by atoms with Crippen LogP contribution >= 0.6 is 0 Å². The summed E-state index contributed by atoms with van der Waals surface area (Å²) in [5, 5.41) is 11.7. The number of rotatable bonds is 5.